The number of carbonyl (C=O) groups is 1. The molecular formula is C17H17N7O2. The number of nitrogens with one attached hydrogen (secondary N) is 1. The van der Waals surface area contributed by atoms with Crippen molar-refractivity contribution in [1.29, 1.82) is 0 Å². The predicted octanol–water partition coefficient (Wildman–Crippen LogP) is 2.19. The molecule has 0 spiro atoms. The molecule has 0 saturated carbocycles. The van der Waals surface area contributed by atoms with Gasteiger partial charge in [-0.25, -0.2) is 15.0 Å². The highest BCUT2D eigenvalue weighted by molar-refractivity contribution is 5.81. The lowest BCUT2D eigenvalue weighted by atomic mass is 10.3. The van der Waals surface area contributed by atoms with Crippen LogP contribution in [-0.2, 0) is 11.3 Å². The number of anilines is 1. The third-order valence-corrected chi connectivity index (χ3v) is 3.75. The number of pyridine rings is 1. The average Bonchev–Trinajstić information content (AvgIpc) is 3.30. The summed E-state index contributed by atoms with van der Waals surface area (Å²) in [6, 6.07) is 5.80. The van der Waals surface area contributed by atoms with Gasteiger partial charge in [-0.3, -0.25) is 9.78 Å². The summed E-state index contributed by atoms with van der Waals surface area (Å²) in [5.74, 6) is 1.06. The number of hydrogen-bond acceptors (Lipinski definition) is 6. The van der Waals surface area contributed by atoms with Crippen molar-refractivity contribution in [2.24, 2.45) is 0 Å². The first-order chi connectivity index (χ1) is 12.7. The summed E-state index contributed by atoms with van der Waals surface area (Å²) in [5.41, 5.74) is 10.1. The van der Waals surface area contributed by atoms with Crippen LogP contribution in [0.4, 0.5) is 5.82 Å². The number of aromatic nitrogens is 6. The molecule has 132 valence electrons. The summed E-state index contributed by atoms with van der Waals surface area (Å²) in [6.45, 7) is 2.56. The van der Waals surface area contributed by atoms with E-state index in [1.807, 2.05) is 24.4 Å². The van der Waals surface area contributed by atoms with Crippen LogP contribution in [0.1, 0.15) is 6.92 Å². The molecule has 0 aromatic carbocycles. The van der Waals surface area contributed by atoms with Gasteiger partial charge in [0.1, 0.15) is 16.9 Å². The van der Waals surface area contributed by atoms with Crippen molar-refractivity contribution in [3.05, 3.63) is 43.0 Å². The zero-order valence-corrected chi connectivity index (χ0v) is 14.0. The number of hydrogen-bond donors (Lipinski definition) is 3. The fraction of sp³-hybridized carbons (Fsp3) is 0.118. The molecule has 0 fully saturated rings. The number of nitrogens with zero attached hydrogens (tertiary/aromatic N) is 5. The maximum Gasteiger partial charge on any atom is 0.290 e. The van der Waals surface area contributed by atoms with Gasteiger partial charge in [-0.05, 0) is 25.1 Å². The maximum atomic E-state index is 8.36. The van der Waals surface area contributed by atoms with Crippen molar-refractivity contribution in [3.8, 4) is 22.9 Å². The molecule has 0 aliphatic rings. The predicted molar refractivity (Wildman–Crippen MR) is 97.1 cm³/mol. The largest absolute Gasteiger partial charge is 0.483 e. The number of fused-ring (bicyclic) bond motifs is 1. The van der Waals surface area contributed by atoms with E-state index in [0.717, 1.165) is 29.0 Å². The van der Waals surface area contributed by atoms with Crippen LogP contribution in [0.5, 0.6) is 0 Å². The number of nitrogen functional groups attached to an aromatic ring is 1. The quantitative estimate of drug-likeness (QED) is 0.481. The lowest BCUT2D eigenvalue weighted by Crippen LogP contribution is -2.04. The Morgan fingerprint density at radius 3 is 2.81 bits per heavy atom. The minimum absolute atomic E-state index is 0.250. The van der Waals surface area contributed by atoms with Crippen LogP contribution in [0, 0.1) is 0 Å². The molecule has 0 unspecified atom stereocenters. The minimum Gasteiger partial charge on any atom is -0.483 e. The van der Waals surface area contributed by atoms with Crippen molar-refractivity contribution < 1.29 is 9.90 Å². The second-order valence-electron chi connectivity index (χ2n) is 5.22. The highest BCUT2D eigenvalue weighted by Gasteiger charge is 2.17. The first kappa shape index (κ1) is 17.1. The summed E-state index contributed by atoms with van der Waals surface area (Å²) in [5, 5.41) is 6.89. The summed E-state index contributed by atoms with van der Waals surface area (Å²) >= 11 is 0. The van der Waals surface area contributed by atoms with E-state index in [0.29, 0.717) is 17.3 Å². The lowest BCUT2D eigenvalue weighted by molar-refractivity contribution is -0.122. The molecule has 0 bridgehead atoms. The van der Waals surface area contributed by atoms with Gasteiger partial charge in [0.15, 0.2) is 11.6 Å². The molecule has 0 saturated heterocycles. The Kier molecular flexibility index (Phi) is 4.88. The van der Waals surface area contributed by atoms with Crippen molar-refractivity contribution in [3.63, 3.8) is 0 Å². The van der Waals surface area contributed by atoms with Gasteiger partial charge in [0.2, 0.25) is 0 Å². The number of carboxylic acid groups (broad SMARTS) is 1. The molecule has 0 amide bonds. The Hall–Kier alpha value is -3.75. The van der Waals surface area contributed by atoms with E-state index in [4.69, 9.17) is 15.6 Å². The van der Waals surface area contributed by atoms with E-state index in [1.54, 1.807) is 18.6 Å². The lowest BCUT2D eigenvalue weighted by Gasteiger charge is -2.08. The Morgan fingerprint density at radius 2 is 2.12 bits per heavy atom. The number of aryl methyl sites for hydroxylation is 1. The topological polar surface area (TPSA) is 136 Å². The van der Waals surface area contributed by atoms with Crippen LogP contribution >= 0.6 is 0 Å². The van der Waals surface area contributed by atoms with Crippen LogP contribution < -0.4 is 5.73 Å². The molecule has 0 radical (unpaired) electrons. The third kappa shape index (κ3) is 3.09. The average molecular weight is 351 g/mol. The van der Waals surface area contributed by atoms with Gasteiger partial charge >= 0.3 is 0 Å². The molecule has 4 rings (SSSR count). The molecule has 4 heterocycles. The summed E-state index contributed by atoms with van der Waals surface area (Å²) in [6.07, 6.45) is 7.00. The van der Waals surface area contributed by atoms with Crippen LogP contribution in [0.2, 0.25) is 0 Å². The van der Waals surface area contributed by atoms with Crippen LogP contribution in [0.15, 0.2) is 43.0 Å². The van der Waals surface area contributed by atoms with E-state index in [9.17, 15) is 0 Å². The van der Waals surface area contributed by atoms with Crippen molar-refractivity contribution in [1.82, 2.24) is 29.5 Å². The number of aromatic amines is 1. The van der Waals surface area contributed by atoms with E-state index in [2.05, 4.69) is 36.4 Å². The molecule has 0 atom stereocenters. The molecule has 4 N–H and O–H groups in total. The maximum absolute atomic E-state index is 8.36. The van der Waals surface area contributed by atoms with Gasteiger partial charge in [0, 0.05) is 18.9 Å². The van der Waals surface area contributed by atoms with Gasteiger partial charge in [0.25, 0.3) is 6.47 Å². The fourth-order valence-electron chi connectivity index (χ4n) is 2.67. The number of nitrogens with two attached hydrogens (primary N) is 1. The Morgan fingerprint density at radius 1 is 1.31 bits per heavy atom. The first-order valence-electron chi connectivity index (χ1n) is 7.84. The van der Waals surface area contributed by atoms with Crippen LogP contribution in [0.3, 0.4) is 0 Å². The standard InChI is InChI=1S/C16H15N7.CH2O2/c1-2-23-13-5-7-18-8-12(13)22-16(23)14-15(17)20-9-11(21-14)10-4-3-6-19-10;2-1-3/h3-9,19H,2H2,1H3,(H2,17,20);1H,(H,2,3). The Bertz CT molecular complexity index is 1020. The van der Waals surface area contributed by atoms with E-state index in [-0.39, 0.29) is 6.47 Å². The molecule has 4 aromatic rings. The Balaban J connectivity index is 0.000000613. The smallest absolute Gasteiger partial charge is 0.290 e. The molecule has 4 aromatic heterocycles. The summed E-state index contributed by atoms with van der Waals surface area (Å²) in [4.78, 5) is 29.2. The normalized spacial score (nSPS) is 10.3. The molecule has 0 aliphatic carbocycles. The zero-order valence-electron chi connectivity index (χ0n) is 14.0. The van der Waals surface area contributed by atoms with Crippen LogP contribution in [0.25, 0.3) is 33.9 Å². The van der Waals surface area contributed by atoms with E-state index in [1.165, 1.54) is 0 Å². The number of rotatable bonds is 3. The molecule has 26 heavy (non-hydrogen) atoms. The first-order valence-corrected chi connectivity index (χ1v) is 7.84. The van der Waals surface area contributed by atoms with Crippen LogP contribution in [-0.4, -0.2) is 41.1 Å². The SMILES string of the molecule is CCn1c(-c2nc(-c3ccc[nH]3)cnc2N)nc2cnccc21.O=CO. The zero-order chi connectivity index (χ0) is 18.5. The minimum atomic E-state index is -0.250. The van der Waals surface area contributed by atoms with Gasteiger partial charge in [-0.15, -0.1) is 0 Å². The molecule has 9 nitrogen and oxygen atoms in total. The monoisotopic (exact) mass is 351 g/mol. The van der Waals surface area contributed by atoms with Crippen molar-refractivity contribution in [2.45, 2.75) is 13.5 Å². The molecular weight excluding hydrogens is 334 g/mol. The van der Waals surface area contributed by atoms with E-state index < -0.39 is 0 Å². The Labute approximate surface area is 148 Å². The van der Waals surface area contributed by atoms with Gasteiger partial charge < -0.3 is 20.4 Å². The summed E-state index contributed by atoms with van der Waals surface area (Å²) < 4.78 is 2.07. The highest BCUT2D eigenvalue weighted by Crippen LogP contribution is 2.27. The van der Waals surface area contributed by atoms with Crippen molar-refractivity contribution in [2.75, 3.05) is 5.73 Å². The van der Waals surface area contributed by atoms with Gasteiger partial charge in [-0.1, -0.05) is 0 Å². The number of H-pyrrole nitrogens is 1. The number of imidazole rings is 1. The molecule has 9 heteroatoms. The van der Waals surface area contributed by atoms with Gasteiger partial charge in [-0.2, -0.15) is 0 Å². The molecule has 0 aliphatic heterocycles. The second kappa shape index (κ2) is 7.43. The summed E-state index contributed by atoms with van der Waals surface area (Å²) in [7, 11) is 0. The third-order valence-electron chi connectivity index (χ3n) is 3.75. The second-order valence-corrected chi connectivity index (χ2v) is 5.22. The van der Waals surface area contributed by atoms with E-state index >= 15 is 0 Å². The van der Waals surface area contributed by atoms with Gasteiger partial charge in [0.05, 0.1) is 23.6 Å². The highest BCUT2D eigenvalue weighted by atomic mass is 16.3. The van der Waals surface area contributed by atoms with Crippen molar-refractivity contribution >= 4 is 23.3 Å². The fourth-order valence-corrected chi connectivity index (χ4v) is 2.67.